The Balaban J connectivity index is 1.17. The summed E-state index contributed by atoms with van der Waals surface area (Å²) in [6, 6.07) is 45.7. The van der Waals surface area contributed by atoms with Gasteiger partial charge in [-0.05, 0) is 87.6 Å². The third kappa shape index (κ3) is 4.78. The second-order valence-electron chi connectivity index (χ2n) is 18.1. The van der Waals surface area contributed by atoms with E-state index in [4.69, 9.17) is 13.3 Å². The number of furan rings is 3. The highest BCUT2D eigenvalue weighted by Gasteiger charge is 2.32. The fraction of sp³-hybridized carbons (Fsp3) is 0.154. The highest BCUT2D eigenvalue weighted by atomic mass is 16.3. The van der Waals surface area contributed by atoms with Crippen LogP contribution in [0.15, 0.2) is 141 Å². The van der Waals surface area contributed by atoms with Gasteiger partial charge < -0.3 is 23.1 Å². The molecule has 58 heavy (non-hydrogen) atoms. The van der Waals surface area contributed by atoms with Gasteiger partial charge in [-0.15, -0.1) is 0 Å². The van der Waals surface area contributed by atoms with E-state index in [9.17, 15) is 0 Å². The predicted molar refractivity (Wildman–Crippen MR) is 243 cm³/mol. The molecule has 0 atom stereocenters. The van der Waals surface area contributed by atoms with Crippen molar-refractivity contribution in [1.82, 2.24) is 4.57 Å². The second-order valence-corrected chi connectivity index (χ2v) is 18.1. The fourth-order valence-corrected chi connectivity index (χ4v) is 9.30. The van der Waals surface area contributed by atoms with Gasteiger partial charge in [-0.25, -0.2) is 0 Å². The van der Waals surface area contributed by atoms with Crippen molar-refractivity contribution < 1.29 is 13.3 Å². The number of para-hydroxylation sites is 2. The first-order valence-electron chi connectivity index (χ1n) is 20.2. The molecule has 7 aromatic carbocycles. The Hall–Kier alpha value is -6.66. The Morgan fingerprint density at radius 2 is 1.12 bits per heavy atom. The van der Waals surface area contributed by atoms with E-state index < -0.39 is 0 Å². The van der Waals surface area contributed by atoms with E-state index in [1.54, 1.807) is 0 Å². The van der Waals surface area contributed by atoms with Crippen LogP contribution in [0, 0.1) is 0 Å². The largest absolute Gasteiger partial charge is 0.469 e. The van der Waals surface area contributed by atoms with Crippen LogP contribution < -0.4 is 16.4 Å². The van der Waals surface area contributed by atoms with Gasteiger partial charge in [0.05, 0.1) is 22.6 Å². The molecule has 0 fully saturated rings. The van der Waals surface area contributed by atoms with Crippen LogP contribution in [-0.4, -0.2) is 11.8 Å². The Bertz CT molecular complexity index is 3530. The van der Waals surface area contributed by atoms with Gasteiger partial charge in [-0.1, -0.05) is 108 Å². The van der Waals surface area contributed by atoms with Crippen LogP contribution in [0.3, 0.4) is 0 Å². The summed E-state index contributed by atoms with van der Waals surface area (Å²) in [5.41, 5.74) is 16.4. The fourth-order valence-electron chi connectivity index (χ4n) is 9.30. The first-order chi connectivity index (χ1) is 28.0. The van der Waals surface area contributed by atoms with E-state index in [1.165, 1.54) is 16.5 Å². The zero-order valence-electron chi connectivity index (χ0n) is 33.4. The number of fused-ring (bicyclic) bond motifs is 13. The first kappa shape index (κ1) is 33.5. The first-order valence-corrected chi connectivity index (χ1v) is 20.2. The van der Waals surface area contributed by atoms with Crippen LogP contribution in [0.25, 0.3) is 93.5 Å². The van der Waals surface area contributed by atoms with Gasteiger partial charge in [-0.2, -0.15) is 0 Å². The molecule has 4 aromatic heterocycles. The average Bonchev–Trinajstić information content (AvgIpc) is 3.95. The van der Waals surface area contributed by atoms with Crippen LogP contribution in [-0.2, 0) is 10.8 Å². The van der Waals surface area contributed by atoms with Crippen molar-refractivity contribution in [3.05, 3.63) is 139 Å². The third-order valence-electron chi connectivity index (χ3n) is 12.4. The summed E-state index contributed by atoms with van der Waals surface area (Å²) in [6.45, 7) is 13.5. The van der Waals surface area contributed by atoms with Gasteiger partial charge in [0.1, 0.15) is 27.9 Å². The molecule has 5 nitrogen and oxygen atoms in total. The van der Waals surface area contributed by atoms with E-state index in [0.717, 1.165) is 111 Å². The maximum atomic E-state index is 6.85. The van der Waals surface area contributed by atoms with Crippen LogP contribution in [0.5, 0.6) is 0 Å². The van der Waals surface area contributed by atoms with Crippen LogP contribution in [0.4, 0.5) is 11.4 Å². The van der Waals surface area contributed by atoms with Gasteiger partial charge in [0.2, 0.25) is 7.28 Å². The Labute approximate surface area is 336 Å². The Morgan fingerprint density at radius 1 is 0.483 bits per heavy atom. The maximum Gasteiger partial charge on any atom is 0.247 e. The smallest absolute Gasteiger partial charge is 0.247 e. The Kier molecular flexibility index (Phi) is 6.63. The van der Waals surface area contributed by atoms with Crippen molar-refractivity contribution >= 4 is 106 Å². The number of hydrogen-bond donors (Lipinski definition) is 1. The summed E-state index contributed by atoms with van der Waals surface area (Å²) in [6.07, 6.45) is 0. The molecule has 0 saturated carbocycles. The molecule has 5 heterocycles. The van der Waals surface area contributed by atoms with E-state index >= 15 is 0 Å². The molecule has 6 heteroatoms. The molecular weight excluding hydrogens is 711 g/mol. The lowest BCUT2D eigenvalue weighted by molar-refractivity contribution is 0.590. The van der Waals surface area contributed by atoms with Crippen molar-refractivity contribution in [3.8, 4) is 16.8 Å². The quantitative estimate of drug-likeness (QED) is 0.183. The molecule has 0 unspecified atom stereocenters. The molecular formula is C52H40BN2O3. The highest BCUT2D eigenvalue weighted by molar-refractivity contribution is 6.73. The molecule has 0 bridgehead atoms. The van der Waals surface area contributed by atoms with Crippen molar-refractivity contribution in [2.24, 2.45) is 0 Å². The predicted octanol–water partition coefficient (Wildman–Crippen LogP) is 13.3. The normalized spacial score (nSPS) is 13.1. The summed E-state index contributed by atoms with van der Waals surface area (Å²) in [5, 5.41) is 11.6. The highest BCUT2D eigenvalue weighted by Crippen LogP contribution is 2.44. The van der Waals surface area contributed by atoms with Crippen LogP contribution >= 0.6 is 0 Å². The lowest BCUT2D eigenvalue weighted by Crippen LogP contribution is -2.36. The molecule has 0 amide bonds. The number of hydrogen-bond acceptors (Lipinski definition) is 4. The van der Waals surface area contributed by atoms with Gasteiger partial charge in [0.15, 0.2) is 0 Å². The second kappa shape index (κ2) is 11.5. The van der Waals surface area contributed by atoms with E-state index in [0.29, 0.717) is 0 Å². The number of anilines is 2. The molecule has 11 aromatic rings. The summed E-state index contributed by atoms with van der Waals surface area (Å²) >= 11 is 0. The zero-order chi connectivity index (χ0) is 39.2. The van der Waals surface area contributed by atoms with Crippen molar-refractivity contribution in [2.75, 3.05) is 5.32 Å². The minimum atomic E-state index is -0.0237. The van der Waals surface area contributed by atoms with Gasteiger partial charge in [0, 0.05) is 60.5 Å². The molecule has 1 aliphatic heterocycles. The molecule has 0 saturated heterocycles. The standard InChI is InChI=1S/C52H40BN2O3/c1-51(2,3)28-15-18-30(19-16-28)54-40-27-46-37(31-11-7-9-13-42(31)57-46)24-35(40)33-20-21-34-36-26-45-38(32-12-8-10-14-43(32)56-45)25-41(36)55-48(34)47(33)53-50-49(55)39-23-29(52(4,5)6)17-22-44(39)58-50/h7-27,54H,1-6H3. The Morgan fingerprint density at radius 3 is 1.83 bits per heavy atom. The lowest BCUT2D eigenvalue weighted by Gasteiger charge is -2.22. The SMILES string of the molecule is CC(C)(C)c1ccc(Nc2cc3oc4ccccc4c3cc2-c2ccc3c4cc5oc6ccccc6c5cc4n4c3c2[B]c2oc3ccc(C(C)(C)C)cc3c2-4)cc1. The van der Waals surface area contributed by atoms with Crippen LogP contribution in [0.2, 0.25) is 0 Å². The molecule has 0 aliphatic carbocycles. The van der Waals surface area contributed by atoms with Crippen LogP contribution in [0.1, 0.15) is 52.7 Å². The third-order valence-corrected chi connectivity index (χ3v) is 12.4. The number of nitrogens with zero attached hydrogens (tertiary/aromatic N) is 1. The molecule has 279 valence electrons. The monoisotopic (exact) mass is 751 g/mol. The van der Waals surface area contributed by atoms with E-state index in [2.05, 4.69) is 168 Å². The minimum Gasteiger partial charge on any atom is -0.469 e. The van der Waals surface area contributed by atoms with Crippen molar-refractivity contribution in [1.29, 1.82) is 0 Å². The van der Waals surface area contributed by atoms with Gasteiger partial charge in [0.25, 0.3) is 0 Å². The lowest BCUT2D eigenvalue weighted by atomic mass is 9.62. The van der Waals surface area contributed by atoms with Gasteiger partial charge >= 0.3 is 0 Å². The maximum absolute atomic E-state index is 6.85. The summed E-state index contributed by atoms with van der Waals surface area (Å²) < 4.78 is 22.3. The number of nitrogens with one attached hydrogen (secondary N) is 1. The van der Waals surface area contributed by atoms with Crippen molar-refractivity contribution in [2.45, 2.75) is 52.4 Å². The van der Waals surface area contributed by atoms with Gasteiger partial charge in [-0.3, -0.25) is 0 Å². The number of rotatable bonds is 3. The summed E-state index contributed by atoms with van der Waals surface area (Å²) in [4.78, 5) is 0. The average molecular weight is 752 g/mol. The van der Waals surface area contributed by atoms with E-state index in [-0.39, 0.29) is 10.8 Å². The number of aromatic nitrogens is 1. The molecule has 1 radical (unpaired) electrons. The molecule has 1 N–H and O–H groups in total. The molecule has 0 spiro atoms. The summed E-state index contributed by atoms with van der Waals surface area (Å²) in [7, 11) is 2.27. The van der Waals surface area contributed by atoms with E-state index in [1.807, 2.05) is 18.2 Å². The summed E-state index contributed by atoms with van der Waals surface area (Å²) in [5.74, 6) is 0. The molecule has 12 rings (SSSR count). The minimum absolute atomic E-state index is 0.0237. The number of benzene rings is 7. The van der Waals surface area contributed by atoms with Crippen molar-refractivity contribution in [3.63, 3.8) is 0 Å². The molecule has 1 aliphatic rings. The zero-order valence-corrected chi connectivity index (χ0v) is 33.4. The topological polar surface area (TPSA) is 56.4 Å².